The molecule has 0 amide bonds. The van der Waals surface area contributed by atoms with Crippen molar-refractivity contribution in [2.24, 2.45) is 10.9 Å². The maximum absolute atomic E-state index is 13.6. The Morgan fingerprint density at radius 1 is 1.33 bits per heavy atom. The molecule has 0 heterocycles. The number of nitrogens with one attached hydrogen (secondary N) is 1. The second kappa shape index (κ2) is 6.26. The van der Waals surface area contributed by atoms with Gasteiger partial charge in [-0.15, -0.1) is 0 Å². The first-order valence-electron chi connectivity index (χ1n) is 5.50. The number of sulfonamides is 1. The lowest BCUT2D eigenvalue weighted by atomic mass is 10.1. The molecule has 4 N–H and O–H groups in total. The van der Waals surface area contributed by atoms with Crippen molar-refractivity contribution in [1.29, 1.82) is 0 Å². The minimum atomic E-state index is -4.04. The Labute approximate surface area is 121 Å². The first-order chi connectivity index (χ1) is 9.56. The van der Waals surface area contributed by atoms with E-state index in [1.807, 2.05) is 4.72 Å². The van der Waals surface area contributed by atoms with Gasteiger partial charge >= 0.3 is 0 Å². The Balaban J connectivity index is 3.11. The van der Waals surface area contributed by atoms with Gasteiger partial charge < -0.3 is 10.9 Å². The predicted molar refractivity (Wildman–Crippen MR) is 76.0 cm³/mol. The number of hydrogen-bond donors (Lipinski definition) is 3. The molecule has 8 nitrogen and oxygen atoms in total. The van der Waals surface area contributed by atoms with Crippen LogP contribution in [0.5, 0.6) is 0 Å². The Kier molecular flexibility index (Phi) is 5.12. The number of nitrogens with zero attached hydrogens (tertiary/aromatic N) is 1. The Morgan fingerprint density at radius 2 is 1.95 bits per heavy atom. The summed E-state index contributed by atoms with van der Waals surface area (Å²) in [7, 11) is -7.51. The molecule has 0 aromatic heterocycles. The highest BCUT2D eigenvalue weighted by molar-refractivity contribution is 7.95. The molecular weight excluding hydrogens is 325 g/mol. The van der Waals surface area contributed by atoms with E-state index in [0.29, 0.717) is 0 Å². The second-order valence-corrected chi connectivity index (χ2v) is 8.30. The van der Waals surface area contributed by atoms with Gasteiger partial charge in [-0.05, 0) is 12.1 Å². The zero-order valence-corrected chi connectivity index (χ0v) is 12.6. The molecule has 21 heavy (non-hydrogen) atoms. The van der Waals surface area contributed by atoms with Crippen LogP contribution in [0.25, 0.3) is 0 Å². The van der Waals surface area contributed by atoms with Crippen LogP contribution in [0.3, 0.4) is 0 Å². The minimum absolute atomic E-state index is 0.251. The predicted octanol–water partition coefficient (Wildman–Crippen LogP) is -0.293. The fourth-order valence-electron chi connectivity index (χ4n) is 1.40. The van der Waals surface area contributed by atoms with E-state index in [4.69, 9.17) is 10.9 Å². The molecule has 0 saturated heterocycles. The lowest BCUT2D eigenvalue weighted by molar-refractivity contribution is 0.318. The van der Waals surface area contributed by atoms with Crippen molar-refractivity contribution in [3.05, 3.63) is 29.6 Å². The monoisotopic (exact) mass is 339 g/mol. The second-order valence-electron chi connectivity index (χ2n) is 4.20. The third-order valence-corrected chi connectivity index (χ3v) is 4.84. The molecule has 0 fully saturated rings. The lowest BCUT2D eigenvalue weighted by Crippen LogP contribution is -2.25. The van der Waals surface area contributed by atoms with Gasteiger partial charge in [-0.1, -0.05) is 11.2 Å². The topological polar surface area (TPSA) is 139 Å². The van der Waals surface area contributed by atoms with Crippen LogP contribution in [0, 0.1) is 5.82 Å². The normalized spacial score (nSPS) is 13.1. The highest BCUT2D eigenvalue weighted by atomic mass is 32.2. The quantitative estimate of drug-likeness (QED) is 0.282. The SMILES string of the molecule is CS(=O)(=O)CCS(=O)(=O)Nc1cccc(F)c1C(N)=NO. The van der Waals surface area contributed by atoms with E-state index in [2.05, 4.69) is 5.16 Å². The van der Waals surface area contributed by atoms with Crippen LogP contribution in [0.15, 0.2) is 23.4 Å². The van der Waals surface area contributed by atoms with E-state index < -0.39 is 48.6 Å². The molecular formula is C10H14FN3O5S2. The summed E-state index contributed by atoms with van der Waals surface area (Å²) >= 11 is 0. The molecule has 0 unspecified atom stereocenters. The molecule has 11 heteroatoms. The van der Waals surface area contributed by atoms with Gasteiger partial charge in [0.25, 0.3) is 0 Å². The third-order valence-electron chi connectivity index (χ3n) is 2.37. The molecule has 1 aromatic carbocycles. The maximum Gasteiger partial charge on any atom is 0.233 e. The van der Waals surface area contributed by atoms with Gasteiger partial charge in [0.1, 0.15) is 15.7 Å². The number of amidine groups is 1. The van der Waals surface area contributed by atoms with E-state index in [1.165, 1.54) is 12.1 Å². The maximum atomic E-state index is 13.6. The van der Waals surface area contributed by atoms with Crippen molar-refractivity contribution < 1.29 is 26.4 Å². The molecule has 0 spiro atoms. The number of sulfone groups is 1. The Bertz CT molecular complexity index is 759. The summed E-state index contributed by atoms with van der Waals surface area (Å²) < 4.78 is 61.2. The molecule has 0 aliphatic rings. The lowest BCUT2D eigenvalue weighted by Gasteiger charge is -2.12. The van der Waals surface area contributed by atoms with E-state index >= 15 is 0 Å². The van der Waals surface area contributed by atoms with Gasteiger partial charge in [0.05, 0.1) is 22.8 Å². The summed E-state index contributed by atoms with van der Waals surface area (Å²) in [5, 5.41) is 11.2. The highest BCUT2D eigenvalue weighted by Crippen LogP contribution is 2.20. The number of hydrogen-bond acceptors (Lipinski definition) is 6. The van der Waals surface area contributed by atoms with Crippen LogP contribution in [0.4, 0.5) is 10.1 Å². The summed E-state index contributed by atoms with van der Waals surface area (Å²) in [6.07, 6.45) is 0.895. The summed E-state index contributed by atoms with van der Waals surface area (Å²) in [6, 6.07) is 3.42. The van der Waals surface area contributed by atoms with Crippen molar-refractivity contribution in [3.63, 3.8) is 0 Å². The van der Waals surface area contributed by atoms with E-state index in [0.717, 1.165) is 12.3 Å². The number of halogens is 1. The van der Waals surface area contributed by atoms with Crippen LogP contribution in [0.2, 0.25) is 0 Å². The highest BCUT2D eigenvalue weighted by Gasteiger charge is 2.19. The molecule has 1 rings (SSSR count). The first kappa shape index (κ1) is 17.2. The fraction of sp³-hybridized carbons (Fsp3) is 0.300. The molecule has 0 saturated carbocycles. The molecule has 118 valence electrons. The average Bonchev–Trinajstić information content (AvgIpc) is 2.35. The molecule has 0 aliphatic heterocycles. The summed E-state index contributed by atoms with van der Waals surface area (Å²) in [5.41, 5.74) is 4.61. The molecule has 0 radical (unpaired) electrons. The number of benzene rings is 1. The summed E-state index contributed by atoms with van der Waals surface area (Å²) in [6.45, 7) is 0. The largest absolute Gasteiger partial charge is 0.409 e. The third kappa shape index (κ3) is 5.19. The van der Waals surface area contributed by atoms with Gasteiger partial charge in [0.15, 0.2) is 5.84 Å². The first-order valence-corrected chi connectivity index (χ1v) is 9.21. The van der Waals surface area contributed by atoms with Gasteiger partial charge in [0.2, 0.25) is 10.0 Å². The van der Waals surface area contributed by atoms with Crippen LogP contribution < -0.4 is 10.5 Å². The number of rotatable bonds is 6. The van der Waals surface area contributed by atoms with Gasteiger partial charge in [-0.3, -0.25) is 4.72 Å². The smallest absolute Gasteiger partial charge is 0.233 e. The number of oxime groups is 1. The Morgan fingerprint density at radius 3 is 2.48 bits per heavy atom. The van der Waals surface area contributed by atoms with Crippen molar-refractivity contribution in [2.45, 2.75) is 0 Å². The van der Waals surface area contributed by atoms with Gasteiger partial charge in [-0.2, -0.15) is 0 Å². The van der Waals surface area contributed by atoms with Crippen molar-refractivity contribution >= 4 is 31.4 Å². The average molecular weight is 339 g/mol. The van der Waals surface area contributed by atoms with Crippen LogP contribution in [0.1, 0.15) is 5.56 Å². The zero-order chi connectivity index (χ0) is 16.3. The standard InChI is InChI=1S/C10H14FN3O5S2/c1-20(16,17)5-6-21(18,19)14-8-4-2-3-7(11)9(8)10(12)13-15/h2-4,14-15H,5-6H2,1H3,(H2,12,13). The number of nitrogens with two attached hydrogens (primary N) is 1. The summed E-state index contributed by atoms with van der Waals surface area (Å²) in [4.78, 5) is 0. The van der Waals surface area contributed by atoms with Crippen LogP contribution >= 0.6 is 0 Å². The van der Waals surface area contributed by atoms with Crippen molar-refractivity contribution in [3.8, 4) is 0 Å². The van der Waals surface area contributed by atoms with E-state index in [1.54, 1.807) is 0 Å². The van der Waals surface area contributed by atoms with Gasteiger partial charge in [0, 0.05) is 6.26 Å². The molecule has 0 bridgehead atoms. The van der Waals surface area contributed by atoms with Crippen molar-refractivity contribution in [2.75, 3.05) is 22.5 Å². The molecule has 0 atom stereocenters. The molecule has 1 aromatic rings. The van der Waals surface area contributed by atoms with E-state index in [-0.39, 0.29) is 5.69 Å². The Hall–Kier alpha value is -1.88. The number of anilines is 1. The van der Waals surface area contributed by atoms with Gasteiger partial charge in [-0.25, -0.2) is 21.2 Å². The van der Waals surface area contributed by atoms with Crippen LogP contribution in [-0.4, -0.2) is 45.6 Å². The molecule has 0 aliphatic carbocycles. The van der Waals surface area contributed by atoms with Crippen molar-refractivity contribution in [1.82, 2.24) is 0 Å². The van der Waals surface area contributed by atoms with Crippen LogP contribution in [-0.2, 0) is 19.9 Å². The van der Waals surface area contributed by atoms with E-state index in [9.17, 15) is 21.2 Å². The fourth-order valence-corrected chi connectivity index (χ4v) is 4.10. The minimum Gasteiger partial charge on any atom is -0.409 e. The summed E-state index contributed by atoms with van der Waals surface area (Å²) in [5.74, 6) is -2.79. The zero-order valence-electron chi connectivity index (χ0n) is 10.9.